The number of hydrogen-bond acceptors (Lipinski definition) is 4. The minimum absolute atomic E-state index is 0.0285. The van der Waals surface area contributed by atoms with Crippen molar-refractivity contribution < 1.29 is 13.6 Å². The van der Waals surface area contributed by atoms with E-state index in [0.29, 0.717) is 0 Å². The second kappa shape index (κ2) is 4.89. The summed E-state index contributed by atoms with van der Waals surface area (Å²) in [6.07, 6.45) is 0. The molecule has 1 aromatic heterocycles. The van der Waals surface area contributed by atoms with E-state index in [1.54, 1.807) is 0 Å². The van der Waals surface area contributed by atoms with E-state index >= 15 is 0 Å². The summed E-state index contributed by atoms with van der Waals surface area (Å²) in [5, 5.41) is 2.52. The van der Waals surface area contributed by atoms with Crippen LogP contribution in [0.5, 0.6) is 0 Å². The maximum atomic E-state index is 13.5. The molecule has 0 saturated carbocycles. The summed E-state index contributed by atoms with van der Waals surface area (Å²) in [5.41, 5.74) is 10.7. The number of carbonyl (C=O) groups is 1. The first kappa shape index (κ1) is 12.7. The molecule has 0 unspecified atom stereocenters. The van der Waals surface area contributed by atoms with E-state index in [1.807, 2.05) is 0 Å². The van der Waals surface area contributed by atoms with Crippen molar-refractivity contribution in [2.45, 2.75) is 0 Å². The second-order valence-corrected chi connectivity index (χ2v) is 3.75. The number of nitrogens with two attached hydrogens (primary N) is 2. The van der Waals surface area contributed by atoms with Crippen molar-refractivity contribution in [2.75, 3.05) is 11.1 Å². The van der Waals surface area contributed by atoms with Crippen molar-refractivity contribution >= 4 is 23.1 Å². The van der Waals surface area contributed by atoms with Gasteiger partial charge in [-0.2, -0.15) is 0 Å². The molecule has 0 aliphatic carbocycles. The van der Waals surface area contributed by atoms with E-state index in [1.165, 1.54) is 12.1 Å². The third-order valence-corrected chi connectivity index (χ3v) is 2.36. The molecule has 7 heteroatoms. The molecule has 5 nitrogen and oxygen atoms in total. The Hall–Kier alpha value is -2.70. The Balaban J connectivity index is 2.40. The highest BCUT2D eigenvalue weighted by Gasteiger charge is 2.10. The molecule has 0 spiro atoms. The Morgan fingerprint density at radius 1 is 1.21 bits per heavy atom. The molecule has 1 aromatic carbocycles. The number of halogens is 2. The molecule has 0 atom stereocenters. The number of aromatic nitrogens is 1. The number of amides is 1. The molecule has 98 valence electrons. The van der Waals surface area contributed by atoms with Crippen molar-refractivity contribution in [1.82, 2.24) is 4.98 Å². The van der Waals surface area contributed by atoms with Crippen molar-refractivity contribution in [3.8, 4) is 0 Å². The van der Waals surface area contributed by atoms with Gasteiger partial charge in [-0.25, -0.2) is 13.8 Å². The highest BCUT2D eigenvalue weighted by atomic mass is 19.1. The molecule has 0 aliphatic heterocycles. The van der Waals surface area contributed by atoms with E-state index in [0.717, 1.165) is 18.2 Å². The van der Waals surface area contributed by atoms with Gasteiger partial charge in [-0.05, 0) is 24.3 Å². The number of nitrogens with zero attached hydrogens (tertiary/aromatic N) is 1. The van der Waals surface area contributed by atoms with Crippen molar-refractivity contribution in [1.29, 1.82) is 0 Å². The van der Waals surface area contributed by atoms with Gasteiger partial charge in [-0.3, -0.25) is 4.79 Å². The van der Waals surface area contributed by atoms with Gasteiger partial charge in [0.2, 0.25) is 0 Å². The SMILES string of the molecule is NC(=O)c1ccc(N)c(Nc2cc(F)ccc2F)n1. The van der Waals surface area contributed by atoms with Gasteiger partial charge in [0, 0.05) is 6.07 Å². The van der Waals surface area contributed by atoms with Crippen LogP contribution >= 0.6 is 0 Å². The molecule has 19 heavy (non-hydrogen) atoms. The molecule has 2 aromatic rings. The van der Waals surface area contributed by atoms with Gasteiger partial charge in [0.25, 0.3) is 5.91 Å². The zero-order valence-corrected chi connectivity index (χ0v) is 9.65. The summed E-state index contributed by atoms with van der Waals surface area (Å²) in [4.78, 5) is 14.8. The molecule has 1 heterocycles. The monoisotopic (exact) mass is 264 g/mol. The van der Waals surface area contributed by atoms with Gasteiger partial charge >= 0.3 is 0 Å². The van der Waals surface area contributed by atoms with Crippen LogP contribution in [0.4, 0.5) is 26.0 Å². The molecule has 5 N–H and O–H groups in total. The summed E-state index contributed by atoms with van der Waals surface area (Å²) >= 11 is 0. The second-order valence-electron chi connectivity index (χ2n) is 3.75. The van der Waals surface area contributed by atoms with Crippen LogP contribution in [0, 0.1) is 11.6 Å². The number of rotatable bonds is 3. The van der Waals surface area contributed by atoms with Crippen LogP contribution < -0.4 is 16.8 Å². The molecular weight excluding hydrogens is 254 g/mol. The smallest absolute Gasteiger partial charge is 0.267 e. The zero-order valence-electron chi connectivity index (χ0n) is 9.65. The molecule has 0 fully saturated rings. The first-order valence-corrected chi connectivity index (χ1v) is 5.26. The highest BCUT2D eigenvalue weighted by Crippen LogP contribution is 2.23. The van der Waals surface area contributed by atoms with E-state index in [-0.39, 0.29) is 22.9 Å². The van der Waals surface area contributed by atoms with E-state index in [9.17, 15) is 13.6 Å². The fourth-order valence-corrected chi connectivity index (χ4v) is 1.43. The van der Waals surface area contributed by atoms with Gasteiger partial charge < -0.3 is 16.8 Å². The van der Waals surface area contributed by atoms with Crippen LogP contribution in [-0.4, -0.2) is 10.9 Å². The summed E-state index contributed by atoms with van der Waals surface area (Å²) in [6, 6.07) is 5.63. The van der Waals surface area contributed by atoms with Gasteiger partial charge in [-0.1, -0.05) is 0 Å². The molecule has 2 rings (SSSR count). The summed E-state index contributed by atoms with van der Waals surface area (Å²) < 4.78 is 26.5. The Bertz CT molecular complexity index is 646. The quantitative estimate of drug-likeness (QED) is 0.787. The fraction of sp³-hybridized carbons (Fsp3) is 0. The minimum Gasteiger partial charge on any atom is -0.396 e. The standard InChI is InChI=1S/C12H10F2N4O/c13-6-1-2-7(14)10(5-6)18-12-8(15)3-4-9(17-12)11(16)19/h1-5H,15H2,(H2,16,19)(H,17,18). The lowest BCUT2D eigenvalue weighted by molar-refractivity contribution is 0.0996. The van der Waals surface area contributed by atoms with Crippen LogP contribution in [0.3, 0.4) is 0 Å². The van der Waals surface area contributed by atoms with E-state index < -0.39 is 17.5 Å². The molecular formula is C12H10F2N4O. The molecule has 0 bridgehead atoms. The van der Waals surface area contributed by atoms with Crippen LogP contribution in [0.2, 0.25) is 0 Å². The van der Waals surface area contributed by atoms with Crippen molar-refractivity contribution in [3.63, 3.8) is 0 Å². The third-order valence-electron chi connectivity index (χ3n) is 2.36. The predicted octanol–water partition coefficient (Wildman–Crippen LogP) is 1.78. The number of benzene rings is 1. The molecule has 0 radical (unpaired) electrons. The first-order valence-electron chi connectivity index (χ1n) is 5.26. The van der Waals surface area contributed by atoms with Gasteiger partial charge in [0.15, 0.2) is 5.82 Å². The maximum Gasteiger partial charge on any atom is 0.267 e. The van der Waals surface area contributed by atoms with Gasteiger partial charge in [0.05, 0.1) is 11.4 Å². The Labute approximate surface area is 107 Å². The Morgan fingerprint density at radius 2 is 1.95 bits per heavy atom. The third kappa shape index (κ3) is 2.76. The highest BCUT2D eigenvalue weighted by molar-refractivity contribution is 5.92. The van der Waals surface area contributed by atoms with Crippen LogP contribution in [-0.2, 0) is 0 Å². The number of hydrogen-bond donors (Lipinski definition) is 3. The van der Waals surface area contributed by atoms with E-state index in [2.05, 4.69) is 10.3 Å². The Morgan fingerprint density at radius 3 is 2.63 bits per heavy atom. The zero-order chi connectivity index (χ0) is 14.0. The summed E-state index contributed by atoms with van der Waals surface area (Å²) in [7, 11) is 0. The van der Waals surface area contributed by atoms with Crippen LogP contribution in [0.25, 0.3) is 0 Å². The largest absolute Gasteiger partial charge is 0.396 e. The first-order chi connectivity index (χ1) is 8.97. The Kier molecular flexibility index (Phi) is 3.28. The number of anilines is 3. The number of pyridine rings is 1. The minimum atomic E-state index is -0.747. The molecule has 0 aliphatic rings. The fourth-order valence-electron chi connectivity index (χ4n) is 1.43. The van der Waals surface area contributed by atoms with Crippen LogP contribution in [0.1, 0.15) is 10.5 Å². The number of nitrogens with one attached hydrogen (secondary N) is 1. The van der Waals surface area contributed by atoms with Crippen molar-refractivity contribution in [2.24, 2.45) is 5.73 Å². The number of primary amides is 1. The number of nitrogen functional groups attached to an aromatic ring is 1. The average Bonchev–Trinajstić information content (AvgIpc) is 2.36. The lowest BCUT2D eigenvalue weighted by atomic mass is 10.2. The van der Waals surface area contributed by atoms with Gasteiger partial charge in [0.1, 0.15) is 17.3 Å². The molecule has 0 saturated heterocycles. The van der Waals surface area contributed by atoms with Crippen molar-refractivity contribution in [3.05, 3.63) is 47.7 Å². The summed E-state index contributed by atoms with van der Waals surface area (Å²) in [6.45, 7) is 0. The normalized spacial score (nSPS) is 10.2. The average molecular weight is 264 g/mol. The predicted molar refractivity (Wildman–Crippen MR) is 66.8 cm³/mol. The van der Waals surface area contributed by atoms with Crippen LogP contribution in [0.15, 0.2) is 30.3 Å². The topological polar surface area (TPSA) is 94.0 Å². The van der Waals surface area contributed by atoms with Gasteiger partial charge in [-0.15, -0.1) is 0 Å². The van der Waals surface area contributed by atoms with E-state index in [4.69, 9.17) is 11.5 Å². The summed E-state index contributed by atoms with van der Waals surface area (Å²) in [5.74, 6) is -2.01. The maximum absolute atomic E-state index is 13.5. The number of carbonyl (C=O) groups excluding carboxylic acids is 1. The molecule has 1 amide bonds. The lowest BCUT2D eigenvalue weighted by Crippen LogP contribution is -2.14. The lowest BCUT2D eigenvalue weighted by Gasteiger charge is -2.10.